The lowest BCUT2D eigenvalue weighted by atomic mass is 9.95. The molecule has 0 unspecified atom stereocenters. The number of amides is 1. The first-order valence-corrected chi connectivity index (χ1v) is 7.75. The van der Waals surface area contributed by atoms with Gasteiger partial charge in [-0.05, 0) is 38.7 Å². The van der Waals surface area contributed by atoms with Crippen LogP contribution in [0.4, 0.5) is 0 Å². The number of hydrogen-bond acceptors (Lipinski definition) is 3. The van der Waals surface area contributed by atoms with Crippen LogP contribution in [0.15, 0.2) is 36.4 Å². The number of carbonyl (C=O) groups excluding carboxylic acids is 2. The van der Waals surface area contributed by atoms with Crippen molar-refractivity contribution in [3.63, 3.8) is 0 Å². The Balaban J connectivity index is 1.77. The maximum atomic E-state index is 12.0. The van der Waals surface area contributed by atoms with Gasteiger partial charge in [-0.1, -0.05) is 42.0 Å². The topological polar surface area (TPSA) is 55.4 Å². The Hall–Kier alpha value is -2.10. The standard InChI is InChI=1S/C18H23NO3/c1-13-8-10-15(11-9-13)12-19-17(20)14(2)22-18(21)16-6-4-3-5-7-16/h3-4,8-11,14,16H,5-7,12H2,1-2H3,(H,19,20)/t14-,16-/m0/s1. The monoisotopic (exact) mass is 301 g/mol. The van der Waals surface area contributed by atoms with Gasteiger partial charge in [-0.25, -0.2) is 0 Å². The molecule has 2 atom stereocenters. The van der Waals surface area contributed by atoms with Crippen molar-refractivity contribution in [3.8, 4) is 0 Å². The van der Waals surface area contributed by atoms with Crippen LogP contribution >= 0.6 is 0 Å². The summed E-state index contributed by atoms with van der Waals surface area (Å²) in [5.74, 6) is -0.653. The summed E-state index contributed by atoms with van der Waals surface area (Å²) < 4.78 is 5.27. The van der Waals surface area contributed by atoms with Gasteiger partial charge in [0.2, 0.25) is 0 Å². The average Bonchev–Trinajstić information content (AvgIpc) is 2.54. The third kappa shape index (κ3) is 4.72. The Kier molecular flexibility index (Phi) is 5.75. The first-order valence-electron chi connectivity index (χ1n) is 7.75. The fourth-order valence-electron chi connectivity index (χ4n) is 2.37. The smallest absolute Gasteiger partial charge is 0.310 e. The molecule has 4 nitrogen and oxygen atoms in total. The highest BCUT2D eigenvalue weighted by Crippen LogP contribution is 2.20. The van der Waals surface area contributed by atoms with Crippen LogP contribution in [0.25, 0.3) is 0 Å². The number of benzene rings is 1. The van der Waals surface area contributed by atoms with Crippen molar-refractivity contribution in [3.05, 3.63) is 47.5 Å². The Labute approximate surface area is 131 Å². The molecule has 0 bridgehead atoms. The second-order valence-electron chi connectivity index (χ2n) is 5.76. The third-order valence-electron chi connectivity index (χ3n) is 3.85. The summed E-state index contributed by atoms with van der Waals surface area (Å²) in [6.07, 6.45) is 5.71. The van der Waals surface area contributed by atoms with Gasteiger partial charge in [-0.15, -0.1) is 0 Å². The molecule has 1 aromatic rings. The number of allylic oxidation sites excluding steroid dienone is 2. The van der Waals surface area contributed by atoms with Gasteiger partial charge < -0.3 is 10.1 Å². The fraction of sp³-hybridized carbons (Fsp3) is 0.444. The number of ether oxygens (including phenoxy) is 1. The van der Waals surface area contributed by atoms with E-state index in [-0.39, 0.29) is 17.8 Å². The van der Waals surface area contributed by atoms with Crippen LogP contribution < -0.4 is 5.32 Å². The van der Waals surface area contributed by atoms with Crippen LogP contribution in [-0.4, -0.2) is 18.0 Å². The highest BCUT2D eigenvalue weighted by atomic mass is 16.5. The van der Waals surface area contributed by atoms with Gasteiger partial charge in [-0.3, -0.25) is 9.59 Å². The minimum Gasteiger partial charge on any atom is -0.452 e. The minimum atomic E-state index is -0.760. The molecule has 0 aliphatic heterocycles. The van der Waals surface area contributed by atoms with Crippen LogP contribution in [0.1, 0.15) is 37.3 Å². The van der Waals surface area contributed by atoms with Gasteiger partial charge in [0.25, 0.3) is 5.91 Å². The zero-order chi connectivity index (χ0) is 15.9. The Morgan fingerprint density at radius 2 is 2.00 bits per heavy atom. The van der Waals surface area contributed by atoms with Crippen LogP contribution in [0.3, 0.4) is 0 Å². The largest absolute Gasteiger partial charge is 0.452 e. The second kappa shape index (κ2) is 7.78. The lowest BCUT2D eigenvalue weighted by molar-refractivity contribution is -0.159. The number of rotatable bonds is 5. The zero-order valence-corrected chi connectivity index (χ0v) is 13.2. The molecule has 1 N–H and O–H groups in total. The van der Waals surface area contributed by atoms with E-state index >= 15 is 0 Å². The van der Waals surface area contributed by atoms with Gasteiger partial charge in [0.15, 0.2) is 6.10 Å². The Bertz CT molecular complexity index is 548. The number of nitrogens with one attached hydrogen (secondary N) is 1. The predicted octanol–water partition coefficient (Wildman–Crippen LogP) is 2.90. The van der Waals surface area contributed by atoms with E-state index in [1.165, 1.54) is 5.56 Å². The van der Waals surface area contributed by atoms with Crippen molar-refractivity contribution in [2.24, 2.45) is 5.92 Å². The molecule has 1 aliphatic carbocycles. The SMILES string of the molecule is Cc1ccc(CNC(=O)[C@H](C)OC(=O)[C@H]2CC=CCC2)cc1. The Morgan fingerprint density at radius 1 is 1.27 bits per heavy atom. The number of carbonyl (C=O) groups is 2. The van der Waals surface area contributed by atoms with E-state index in [1.54, 1.807) is 6.92 Å². The molecule has 0 saturated carbocycles. The van der Waals surface area contributed by atoms with E-state index in [0.29, 0.717) is 13.0 Å². The van der Waals surface area contributed by atoms with Crippen LogP contribution in [0.2, 0.25) is 0 Å². The van der Waals surface area contributed by atoms with E-state index in [9.17, 15) is 9.59 Å². The molecule has 118 valence electrons. The summed E-state index contributed by atoms with van der Waals surface area (Å²) in [6, 6.07) is 7.95. The Morgan fingerprint density at radius 3 is 2.64 bits per heavy atom. The molecule has 1 aromatic carbocycles. The zero-order valence-electron chi connectivity index (χ0n) is 13.2. The molecule has 4 heteroatoms. The van der Waals surface area contributed by atoms with Crippen LogP contribution in [0, 0.1) is 12.8 Å². The van der Waals surface area contributed by atoms with Gasteiger partial charge in [0, 0.05) is 6.54 Å². The van der Waals surface area contributed by atoms with Crippen molar-refractivity contribution < 1.29 is 14.3 Å². The molecular formula is C18H23NO3. The third-order valence-corrected chi connectivity index (χ3v) is 3.85. The highest BCUT2D eigenvalue weighted by molar-refractivity contribution is 5.84. The van der Waals surface area contributed by atoms with E-state index < -0.39 is 6.10 Å². The fourth-order valence-corrected chi connectivity index (χ4v) is 2.37. The van der Waals surface area contributed by atoms with Crippen molar-refractivity contribution >= 4 is 11.9 Å². The lowest BCUT2D eigenvalue weighted by Crippen LogP contribution is -2.36. The van der Waals surface area contributed by atoms with E-state index in [0.717, 1.165) is 18.4 Å². The molecule has 0 aromatic heterocycles. The summed E-state index contributed by atoms with van der Waals surface area (Å²) in [6.45, 7) is 4.07. The normalized spacial score (nSPS) is 18.5. The maximum Gasteiger partial charge on any atom is 0.310 e. The first-order chi connectivity index (χ1) is 10.6. The molecular weight excluding hydrogens is 278 g/mol. The van der Waals surface area contributed by atoms with Gasteiger partial charge in [0.05, 0.1) is 5.92 Å². The molecule has 0 saturated heterocycles. The van der Waals surface area contributed by atoms with Crippen molar-refractivity contribution in [1.29, 1.82) is 0 Å². The summed E-state index contributed by atoms with van der Waals surface area (Å²) in [4.78, 5) is 24.0. The molecule has 2 rings (SSSR count). The van der Waals surface area contributed by atoms with Crippen molar-refractivity contribution in [1.82, 2.24) is 5.32 Å². The van der Waals surface area contributed by atoms with E-state index in [1.807, 2.05) is 37.3 Å². The summed E-state index contributed by atoms with van der Waals surface area (Å²) >= 11 is 0. The molecule has 1 amide bonds. The molecule has 0 radical (unpaired) electrons. The quantitative estimate of drug-likeness (QED) is 0.672. The van der Waals surface area contributed by atoms with Crippen LogP contribution in [0.5, 0.6) is 0 Å². The maximum absolute atomic E-state index is 12.0. The van der Waals surface area contributed by atoms with E-state index in [4.69, 9.17) is 4.74 Å². The summed E-state index contributed by atoms with van der Waals surface area (Å²) in [5.41, 5.74) is 2.20. The number of hydrogen-bond donors (Lipinski definition) is 1. The lowest BCUT2D eigenvalue weighted by Gasteiger charge is -2.19. The number of esters is 1. The summed E-state index contributed by atoms with van der Waals surface area (Å²) in [7, 11) is 0. The molecule has 0 fully saturated rings. The van der Waals surface area contributed by atoms with Gasteiger partial charge >= 0.3 is 5.97 Å². The average molecular weight is 301 g/mol. The van der Waals surface area contributed by atoms with Crippen LogP contribution in [-0.2, 0) is 20.9 Å². The number of aryl methyl sites for hydroxylation is 1. The second-order valence-corrected chi connectivity index (χ2v) is 5.76. The molecule has 22 heavy (non-hydrogen) atoms. The predicted molar refractivity (Wildman–Crippen MR) is 85.1 cm³/mol. The highest BCUT2D eigenvalue weighted by Gasteiger charge is 2.24. The van der Waals surface area contributed by atoms with Gasteiger partial charge in [-0.2, -0.15) is 0 Å². The van der Waals surface area contributed by atoms with E-state index in [2.05, 4.69) is 11.4 Å². The summed E-state index contributed by atoms with van der Waals surface area (Å²) in [5, 5.41) is 2.80. The minimum absolute atomic E-state index is 0.114. The van der Waals surface area contributed by atoms with Crippen molar-refractivity contribution in [2.75, 3.05) is 0 Å². The van der Waals surface area contributed by atoms with Crippen molar-refractivity contribution in [2.45, 2.75) is 45.8 Å². The molecule has 0 heterocycles. The first kappa shape index (κ1) is 16.3. The van der Waals surface area contributed by atoms with Gasteiger partial charge in [0.1, 0.15) is 0 Å². The molecule has 1 aliphatic rings. The molecule has 0 spiro atoms.